The van der Waals surface area contributed by atoms with E-state index in [1.54, 1.807) is 11.6 Å². The Kier molecular flexibility index (Phi) is 5.53. The first-order chi connectivity index (χ1) is 11.1. The molecule has 5 nitrogen and oxygen atoms in total. The first kappa shape index (κ1) is 16.7. The number of amides is 1. The minimum absolute atomic E-state index is 0.00651. The number of anilines is 1. The summed E-state index contributed by atoms with van der Waals surface area (Å²) < 4.78 is 0.833. The SMILES string of the molecule is NC1CCCC(C(=O)Nc2ccc(Sc3nncs3)c(Cl)c2)C1. The van der Waals surface area contributed by atoms with Gasteiger partial charge in [-0.1, -0.05) is 41.1 Å². The number of carbonyl (C=O) groups excluding carboxylic acids is 1. The molecule has 1 saturated carbocycles. The summed E-state index contributed by atoms with van der Waals surface area (Å²) in [5.74, 6) is 0.0220. The number of nitrogens with one attached hydrogen (secondary N) is 1. The molecule has 0 bridgehead atoms. The molecule has 1 heterocycles. The van der Waals surface area contributed by atoms with Crippen LogP contribution >= 0.6 is 34.7 Å². The van der Waals surface area contributed by atoms with Gasteiger partial charge < -0.3 is 11.1 Å². The van der Waals surface area contributed by atoms with Crippen LogP contribution in [0, 0.1) is 5.92 Å². The van der Waals surface area contributed by atoms with E-state index in [9.17, 15) is 4.79 Å². The molecule has 1 aromatic heterocycles. The number of hydrogen-bond donors (Lipinski definition) is 2. The van der Waals surface area contributed by atoms with Crippen LogP contribution in [-0.4, -0.2) is 22.1 Å². The van der Waals surface area contributed by atoms with Gasteiger partial charge in [0.1, 0.15) is 5.51 Å². The van der Waals surface area contributed by atoms with E-state index in [1.165, 1.54) is 23.1 Å². The van der Waals surface area contributed by atoms with Crippen molar-refractivity contribution in [1.82, 2.24) is 10.2 Å². The fourth-order valence-corrected chi connectivity index (χ4v) is 4.41. The Hall–Kier alpha value is -1.15. The largest absolute Gasteiger partial charge is 0.328 e. The minimum atomic E-state index is -0.00651. The van der Waals surface area contributed by atoms with Crippen LogP contribution in [0.4, 0.5) is 5.69 Å². The highest BCUT2D eigenvalue weighted by atomic mass is 35.5. The zero-order valence-electron chi connectivity index (χ0n) is 12.4. The summed E-state index contributed by atoms with van der Waals surface area (Å²) in [6.45, 7) is 0. The quantitative estimate of drug-likeness (QED) is 0.857. The third kappa shape index (κ3) is 4.44. The predicted octanol–water partition coefficient (Wildman–Crippen LogP) is 3.80. The van der Waals surface area contributed by atoms with Gasteiger partial charge in [-0.05, 0) is 37.5 Å². The molecule has 0 saturated heterocycles. The van der Waals surface area contributed by atoms with Crippen molar-refractivity contribution in [2.24, 2.45) is 11.7 Å². The van der Waals surface area contributed by atoms with Gasteiger partial charge in [0.25, 0.3) is 0 Å². The van der Waals surface area contributed by atoms with Crippen molar-refractivity contribution in [2.75, 3.05) is 5.32 Å². The average Bonchev–Trinajstić information content (AvgIpc) is 3.03. The highest BCUT2D eigenvalue weighted by Crippen LogP contribution is 2.35. The summed E-state index contributed by atoms with van der Waals surface area (Å²) in [4.78, 5) is 13.2. The predicted molar refractivity (Wildman–Crippen MR) is 94.0 cm³/mol. The first-order valence-corrected chi connectivity index (χ1v) is 9.49. The molecule has 1 fully saturated rings. The van der Waals surface area contributed by atoms with Crippen LogP contribution in [0.2, 0.25) is 5.02 Å². The topological polar surface area (TPSA) is 80.9 Å². The average molecular weight is 369 g/mol. The zero-order valence-corrected chi connectivity index (χ0v) is 14.8. The van der Waals surface area contributed by atoms with Crippen LogP contribution in [-0.2, 0) is 4.79 Å². The number of carbonyl (C=O) groups is 1. The molecule has 1 aliphatic rings. The summed E-state index contributed by atoms with van der Waals surface area (Å²) in [5.41, 5.74) is 8.34. The Morgan fingerprint density at radius 3 is 3.00 bits per heavy atom. The van der Waals surface area contributed by atoms with Crippen LogP contribution in [0.25, 0.3) is 0 Å². The molecule has 1 amide bonds. The normalized spacial score (nSPS) is 21.1. The van der Waals surface area contributed by atoms with Crippen LogP contribution in [0.15, 0.2) is 32.9 Å². The lowest BCUT2D eigenvalue weighted by Gasteiger charge is -2.25. The van der Waals surface area contributed by atoms with Crippen molar-refractivity contribution < 1.29 is 4.79 Å². The highest BCUT2D eigenvalue weighted by molar-refractivity contribution is 8.01. The molecule has 2 unspecified atom stereocenters. The van der Waals surface area contributed by atoms with Gasteiger partial charge in [-0.15, -0.1) is 10.2 Å². The zero-order chi connectivity index (χ0) is 16.2. The van der Waals surface area contributed by atoms with Gasteiger partial charge in [-0.2, -0.15) is 0 Å². The number of halogens is 1. The van der Waals surface area contributed by atoms with Crippen molar-refractivity contribution in [1.29, 1.82) is 0 Å². The summed E-state index contributed by atoms with van der Waals surface area (Å²) in [6, 6.07) is 5.65. The summed E-state index contributed by atoms with van der Waals surface area (Å²) in [5, 5.41) is 11.3. The van der Waals surface area contributed by atoms with Crippen molar-refractivity contribution in [3.05, 3.63) is 28.7 Å². The Labute approximate surface area is 148 Å². The summed E-state index contributed by atoms with van der Waals surface area (Å²) in [6.07, 6.45) is 3.67. The maximum absolute atomic E-state index is 12.3. The standard InChI is InChI=1S/C15H17ClN4OS2/c16-12-7-11(4-5-13(12)23-15-20-18-8-22-15)19-14(21)9-2-1-3-10(17)6-9/h4-5,7-10H,1-3,6,17H2,(H,19,21). The Morgan fingerprint density at radius 2 is 2.30 bits per heavy atom. The second-order valence-corrected chi connectivity index (χ2v) is 8.09. The maximum atomic E-state index is 12.3. The summed E-state index contributed by atoms with van der Waals surface area (Å²) in [7, 11) is 0. The van der Waals surface area contributed by atoms with Gasteiger partial charge in [0.15, 0.2) is 4.34 Å². The molecule has 2 aromatic rings. The van der Waals surface area contributed by atoms with Crippen molar-refractivity contribution in [2.45, 2.75) is 41.0 Å². The number of hydrogen-bond acceptors (Lipinski definition) is 6. The van der Waals surface area contributed by atoms with E-state index in [4.69, 9.17) is 17.3 Å². The van der Waals surface area contributed by atoms with E-state index in [0.29, 0.717) is 10.7 Å². The molecule has 0 radical (unpaired) electrons. The third-order valence-corrected chi connectivity index (χ3v) is 6.10. The smallest absolute Gasteiger partial charge is 0.227 e. The van der Waals surface area contributed by atoms with E-state index in [0.717, 1.165) is 34.9 Å². The van der Waals surface area contributed by atoms with Crippen molar-refractivity contribution in [3.63, 3.8) is 0 Å². The molecule has 3 N–H and O–H groups in total. The van der Waals surface area contributed by atoms with Crippen molar-refractivity contribution in [3.8, 4) is 0 Å². The Morgan fingerprint density at radius 1 is 1.43 bits per heavy atom. The lowest BCUT2D eigenvalue weighted by Crippen LogP contribution is -2.34. The van der Waals surface area contributed by atoms with Crippen LogP contribution < -0.4 is 11.1 Å². The number of nitrogens with two attached hydrogens (primary N) is 1. The molecule has 1 aromatic carbocycles. The molecule has 1 aliphatic carbocycles. The monoisotopic (exact) mass is 368 g/mol. The van der Waals surface area contributed by atoms with E-state index in [-0.39, 0.29) is 17.9 Å². The number of nitrogens with zero attached hydrogens (tertiary/aromatic N) is 2. The lowest BCUT2D eigenvalue weighted by atomic mass is 9.85. The van der Waals surface area contributed by atoms with Gasteiger partial charge in [0, 0.05) is 22.5 Å². The molecular formula is C15H17ClN4OS2. The van der Waals surface area contributed by atoms with Crippen LogP contribution in [0.5, 0.6) is 0 Å². The molecule has 0 spiro atoms. The van der Waals surface area contributed by atoms with Gasteiger partial charge in [-0.25, -0.2) is 0 Å². The Bertz CT molecular complexity index is 680. The third-order valence-electron chi connectivity index (χ3n) is 3.82. The minimum Gasteiger partial charge on any atom is -0.328 e. The molecule has 23 heavy (non-hydrogen) atoms. The first-order valence-electron chi connectivity index (χ1n) is 7.42. The second kappa shape index (κ2) is 7.61. The fraction of sp³-hybridized carbons (Fsp3) is 0.400. The molecule has 8 heteroatoms. The maximum Gasteiger partial charge on any atom is 0.227 e. The molecule has 122 valence electrons. The molecule has 2 atom stereocenters. The number of rotatable bonds is 4. The number of aromatic nitrogens is 2. The highest BCUT2D eigenvalue weighted by Gasteiger charge is 2.25. The van der Waals surface area contributed by atoms with Gasteiger partial charge in [0.05, 0.1) is 5.02 Å². The van der Waals surface area contributed by atoms with Crippen molar-refractivity contribution >= 4 is 46.3 Å². The second-order valence-electron chi connectivity index (χ2n) is 5.56. The lowest BCUT2D eigenvalue weighted by molar-refractivity contribution is -0.120. The molecule has 3 rings (SSSR count). The fourth-order valence-electron chi connectivity index (χ4n) is 2.67. The molecule has 0 aliphatic heterocycles. The van der Waals surface area contributed by atoms with Gasteiger partial charge in [0.2, 0.25) is 5.91 Å². The van der Waals surface area contributed by atoms with E-state index in [1.807, 2.05) is 12.1 Å². The van der Waals surface area contributed by atoms with Crippen LogP contribution in [0.3, 0.4) is 0 Å². The van der Waals surface area contributed by atoms with Gasteiger partial charge >= 0.3 is 0 Å². The summed E-state index contributed by atoms with van der Waals surface area (Å²) >= 11 is 9.22. The number of benzene rings is 1. The molecular weight excluding hydrogens is 352 g/mol. The van der Waals surface area contributed by atoms with E-state index >= 15 is 0 Å². The van der Waals surface area contributed by atoms with E-state index < -0.39 is 0 Å². The van der Waals surface area contributed by atoms with Gasteiger partial charge in [-0.3, -0.25) is 4.79 Å². The van der Waals surface area contributed by atoms with E-state index in [2.05, 4.69) is 15.5 Å². The Balaban J connectivity index is 1.64. The van der Waals surface area contributed by atoms with Crippen LogP contribution in [0.1, 0.15) is 25.7 Å².